The van der Waals surface area contributed by atoms with Gasteiger partial charge in [-0.2, -0.15) is 10.2 Å². The van der Waals surface area contributed by atoms with E-state index in [0.717, 1.165) is 15.6 Å². The highest BCUT2D eigenvalue weighted by molar-refractivity contribution is 9.10. The quantitative estimate of drug-likeness (QED) is 0.279. The van der Waals surface area contributed by atoms with E-state index in [1.807, 2.05) is 6.20 Å². The van der Waals surface area contributed by atoms with Crippen LogP contribution in [0.2, 0.25) is 10.0 Å². The topological polar surface area (TPSA) is 59.7 Å². The first kappa shape index (κ1) is 22.7. The molecule has 0 aliphatic heterocycles. The number of aromatic nitrogens is 4. The van der Waals surface area contributed by atoms with Crippen LogP contribution in [0.15, 0.2) is 65.4 Å². The van der Waals surface area contributed by atoms with Crippen molar-refractivity contribution in [2.24, 2.45) is 0 Å². The second-order valence-corrected chi connectivity index (χ2v) is 8.90. The molecule has 0 atom stereocenters. The van der Waals surface area contributed by atoms with Gasteiger partial charge in [0.25, 0.3) is 0 Å². The Kier molecular flexibility index (Phi) is 7.10. The smallest absolute Gasteiger partial charge is 0.177 e. The van der Waals surface area contributed by atoms with Gasteiger partial charge in [0, 0.05) is 34.1 Å². The summed E-state index contributed by atoms with van der Waals surface area (Å²) in [5.74, 6) is 0.839. The van der Waals surface area contributed by atoms with Crippen molar-refractivity contribution >= 4 is 68.1 Å². The molecule has 4 aromatic rings. The Bertz CT molecular complexity index is 1240. The minimum atomic E-state index is -0.272. The van der Waals surface area contributed by atoms with Crippen molar-refractivity contribution in [1.82, 2.24) is 19.6 Å². The maximum Gasteiger partial charge on any atom is 0.177 e. The molecule has 0 aliphatic rings. The van der Waals surface area contributed by atoms with Gasteiger partial charge in [-0.3, -0.25) is 9.36 Å². The summed E-state index contributed by atoms with van der Waals surface area (Å²) in [6.07, 6.45) is 3.62. The average Bonchev–Trinajstić information content (AvgIpc) is 3.32. The number of nitrogens with zero attached hydrogens (tertiary/aromatic N) is 4. The van der Waals surface area contributed by atoms with Crippen LogP contribution in [0, 0.1) is 5.82 Å². The molecule has 32 heavy (non-hydrogen) atoms. The maximum absolute atomic E-state index is 13.1. The summed E-state index contributed by atoms with van der Waals surface area (Å²) in [7, 11) is 0. The van der Waals surface area contributed by atoms with Crippen molar-refractivity contribution in [3.8, 4) is 0 Å². The lowest BCUT2D eigenvalue weighted by molar-refractivity contribution is 0.624. The second kappa shape index (κ2) is 9.99. The Balaban J connectivity index is 1.37. The van der Waals surface area contributed by atoms with Crippen LogP contribution in [0.3, 0.4) is 0 Å². The van der Waals surface area contributed by atoms with E-state index in [9.17, 15) is 4.39 Å². The number of hydrogen-bond donors (Lipinski definition) is 2. The first-order valence-corrected chi connectivity index (χ1v) is 11.3. The molecule has 11 heteroatoms. The molecule has 2 heterocycles. The Morgan fingerprint density at radius 1 is 0.969 bits per heavy atom. The minimum Gasteiger partial charge on any atom is -0.316 e. The normalized spacial score (nSPS) is 10.9. The minimum absolute atomic E-state index is 0.272. The summed E-state index contributed by atoms with van der Waals surface area (Å²) in [4.78, 5) is 0. The van der Waals surface area contributed by atoms with Gasteiger partial charge in [-0.15, -0.1) is 0 Å². The van der Waals surface area contributed by atoms with Crippen molar-refractivity contribution in [2.75, 3.05) is 10.6 Å². The van der Waals surface area contributed by atoms with Gasteiger partial charge < -0.3 is 10.6 Å². The summed E-state index contributed by atoms with van der Waals surface area (Å²) >= 11 is 21.3. The Hall–Kier alpha value is -2.46. The van der Waals surface area contributed by atoms with E-state index in [4.69, 9.17) is 35.4 Å². The number of hydrogen-bond acceptors (Lipinski definition) is 3. The lowest BCUT2D eigenvalue weighted by atomic mass is 10.2. The number of halogens is 4. The molecule has 0 amide bonds. The third-order valence-corrected chi connectivity index (χ3v) is 5.96. The molecule has 6 nitrogen and oxygen atoms in total. The number of thiocarbonyl (C=S) groups is 1. The Morgan fingerprint density at radius 2 is 1.69 bits per heavy atom. The van der Waals surface area contributed by atoms with Crippen molar-refractivity contribution < 1.29 is 4.39 Å². The zero-order chi connectivity index (χ0) is 22.7. The lowest BCUT2D eigenvalue weighted by Crippen LogP contribution is -2.20. The summed E-state index contributed by atoms with van der Waals surface area (Å²) in [5, 5.41) is 16.5. The molecule has 0 aliphatic carbocycles. The summed E-state index contributed by atoms with van der Waals surface area (Å²) in [6, 6.07) is 13.5. The summed E-state index contributed by atoms with van der Waals surface area (Å²) < 4.78 is 17.3. The van der Waals surface area contributed by atoms with E-state index in [1.165, 1.54) is 12.1 Å². The van der Waals surface area contributed by atoms with E-state index >= 15 is 0 Å². The zero-order valence-electron chi connectivity index (χ0n) is 16.4. The molecule has 0 bridgehead atoms. The van der Waals surface area contributed by atoms with Crippen molar-refractivity contribution in [1.29, 1.82) is 0 Å². The van der Waals surface area contributed by atoms with Crippen LogP contribution in [-0.2, 0) is 13.1 Å². The average molecular weight is 554 g/mol. The molecule has 2 N–H and O–H groups in total. The van der Waals surface area contributed by atoms with Crippen LogP contribution < -0.4 is 10.6 Å². The van der Waals surface area contributed by atoms with Gasteiger partial charge in [0.2, 0.25) is 0 Å². The monoisotopic (exact) mass is 552 g/mol. The number of benzene rings is 2. The van der Waals surface area contributed by atoms with E-state index < -0.39 is 0 Å². The highest BCUT2D eigenvalue weighted by atomic mass is 79.9. The number of rotatable bonds is 6. The van der Waals surface area contributed by atoms with Crippen LogP contribution in [0.4, 0.5) is 16.0 Å². The molecule has 0 saturated carbocycles. The third kappa shape index (κ3) is 5.66. The molecule has 2 aromatic heterocycles. The Labute approximate surface area is 207 Å². The molecule has 2 aromatic carbocycles. The van der Waals surface area contributed by atoms with E-state index in [1.54, 1.807) is 52.0 Å². The predicted molar refractivity (Wildman–Crippen MR) is 133 cm³/mol. The molecule has 0 saturated heterocycles. The first-order chi connectivity index (χ1) is 15.4. The lowest BCUT2D eigenvalue weighted by Gasteiger charge is -2.08. The SMILES string of the molecule is Fc1ccc(Cn2cc(Br)c(NC(=S)Nc3ccn(Cc4c(Cl)cccc4Cl)n3)n2)cc1. The zero-order valence-corrected chi connectivity index (χ0v) is 20.3. The standard InChI is InChI=1S/C21H16BrCl2FN6S/c22-16-12-31(10-13-4-6-14(25)7-5-13)29-20(16)27-21(32)26-19-8-9-30(28-19)11-15-17(23)2-1-3-18(15)24/h1-9,12H,10-11H2,(H2,26,27,28,29,32). The van der Waals surface area contributed by atoms with Crippen LogP contribution in [0.1, 0.15) is 11.1 Å². The first-order valence-electron chi connectivity index (χ1n) is 9.39. The molecule has 4 rings (SSSR count). The van der Waals surface area contributed by atoms with Gasteiger partial charge in [0.05, 0.1) is 17.6 Å². The highest BCUT2D eigenvalue weighted by Crippen LogP contribution is 2.25. The van der Waals surface area contributed by atoms with Crippen molar-refractivity contribution in [3.05, 3.63) is 92.4 Å². The van der Waals surface area contributed by atoms with Gasteiger partial charge in [-0.05, 0) is 58.0 Å². The fraction of sp³-hybridized carbons (Fsp3) is 0.0952. The largest absolute Gasteiger partial charge is 0.316 e. The van der Waals surface area contributed by atoms with Gasteiger partial charge in [0.15, 0.2) is 16.7 Å². The molecule has 0 fully saturated rings. The van der Waals surface area contributed by atoms with E-state index in [2.05, 4.69) is 36.8 Å². The van der Waals surface area contributed by atoms with Gasteiger partial charge in [-0.25, -0.2) is 4.39 Å². The molecule has 0 radical (unpaired) electrons. The molecular weight excluding hydrogens is 538 g/mol. The number of anilines is 2. The van der Waals surface area contributed by atoms with E-state index in [-0.39, 0.29) is 5.82 Å². The van der Waals surface area contributed by atoms with Gasteiger partial charge >= 0.3 is 0 Å². The maximum atomic E-state index is 13.1. The van der Waals surface area contributed by atoms with Crippen LogP contribution in [0.25, 0.3) is 0 Å². The molecule has 164 valence electrons. The fourth-order valence-corrected chi connectivity index (χ4v) is 4.09. The highest BCUT2D eigenvalue weighted by Gasteiger charge is 2.11. The number of nitrogens with one attached hydrogen (secondary N) is 2. The van der Waals surface area contributed by atoms with Crippen molar-refractivity contribution in [2.45, 2.75) is 13.1 Å². The van der Waals surface area contributed by atoms with E-state index in [0.29, 0.717) is 39.9 Å². The molecular formula is C21H16BrCl2FN6S. The third-order valence-electron chi connectivity index (χ3n) is 4.47. The Morgan fingerprint density at radius 3 is 2.41 bits per heavy atom. The van der Waals surface area contributed by atoms with Crippen molar-refractivity contribution in [3.63, 3.8) is 0 Å². The van der Waals surface area contributed by atoms with Gasteiger partial charge in [-0.1, -0.05) is 41.4 Å². The fourth-order valence-electron chi connectivity index (χ4n) is 2.96. The summed E-state index contributed by atoms with van der Waals surface area (Å²) in [6.45, 7) is 0.926. The van der Waals surface area contributed by atoms with Gasteiger partial charge in [0.1, 0.15) is 5.82 Å². The van der Waals surface area contributed by atoms with Crippen LogP contribution >= 0.6 is 51.3 Å². The molecule has 0 unspecified atom stereocenters. The predicted octanol–water partition coefficient (Wildman–Crippen LogP) is 6.19. The van der Waals surface area contributed by atoms with Crippen LogP contribution in [-0.4, -0.2) is 24.7 Å². The molecule has 0 spiro atoms. The summed E-state index contributed by atoms with van der Waals surface area (Å²) in [5.41, 5.74) is 1.72. The second-order valence-electron chi connectivity index (χ2n) is 6.83. The van der Waals surface area contributed by atoms with Crippen LogP contribution in [0.5, 0.6) is 0 Å².